The van der Waals surface area contributed by atoms with Crippen molar-refractivity contribution in [3.63, 3.8) is 0 Å². The van der Waals surface area contributed by atoms with Crippen LogP contribution in [0.1, 0.15) is 24.9 Å². The minimum Gasteiger partial charge on any atom is -0.309 e. The van der Waals surface area contributed by atoms with Gasteiger partial charge in [-0.1, -0.05) is 19.1 Å². The van der Waals surface area contributed by atoms with E-state index in [1.165, 1.54) is 0 Å². The Labute approximate surface area is 104 Å². The minimum absolute atomic E-state index is 0.0579. The molecule has 0 aromatic heterocycles. The summed E-state index contributed by atoms with van der Waals surface area (Å²) in [5.41, 5.74) is 0.892. The van der Waals surface area contributed by atoms with Crippen LogP contribution in [0.15, 0.2) is 27.6 Å². The van der Waals surface area contributed by atoms with Crippen molar-refractivity contribution >= 4 is 25.8 Å². The van der Waals surface area contributed by atoms with Gasteiger partial charge < -0.3 is 5.32 Å². The number of benzene rings is 1. The summed E-state index contributed by atoms with van der Waals surface area (Å²) in [6.45, 7) is 2.91. The summed E-state index contributed by atoms with van der Waals surface area (Å²) >= 11 is 3.31. The van der Waals surface area contributed by atoms with Gasteiger partial charge >= 0.3 is 0 Å². The van der Waals surface area contributed by atoms with Gasteiger partial charge in [0.15, 0.2) is 9.84 Å². The molecule has 0 fully saturated rings. The van der Waals surface area contributed by atoms with Gasteiger partial charge in [0.1, 0.15) is 0 Å². The van der Waals surface area contributed by atoms with Crippen molar-refractivity contribution in [3.05, 3.63) is 28.2 Å². The van der Waals surface area contributed by atoms with E-state index >= 15 is 0 Å². The highest BCUT2D eigenvalue weighted by Crippen LogP contribution is 2.37. The van der Waals surface area contributed by atoms with Crippen LogP contribution in [0.4, 0.5) is 0 Å². The van der Waals surface area contributed by atoms with Gasteiger partial charge in [0.05, 0.1) is 10.6 Å². The first kappa shape index (κ1) is 12.1. The largest absolute Gasteiger partial charge is 0.309 e. The quantitative estimate of drug-likeness (QED) is 0.932. The summed E-state index contributed by atoms with van der Waals surface area (Å²) in [4.78, 5) is 0.462. The van der Waals surface area contributed by atoms with E-state index in [0.717, 1.165) is 18.5 Å². The molecule has 0 aliphatic carbocycles. The molecule has 2 rings (SSSR count). The molecule has 3 nitrogen and oxygen atoms in total. The number of hydrogen-bond donors (Lipinski definition) is 1. The van der Waals surface area contributed by atoms with Crippen LogP contribution in [0, 0.1) is 0 Å². The second-order valence-corrected chi connectivity index (χ2v) is 6.77. The molecule has 0 spiro atoms. The Morgan fingerprint density at radius 1 is 1.50 bits per heavy atom. The third-order valence-corrected chi connectivity index (χ3v) is 5.48. The highest BCUT2D eigenvalue weighted by molar-refractivity contribution is 9.10. The van der Waals surface area contributed by atoms with Crippen LogP contribution < -0.4 is 5.32 Å². The molecular weight excluding hydrogens is 290 g/mol. The molecule has 88 valence electrons. The number of rotatable bonds is 3. The second-order valence-electron chi connectivity index (χ2n) is 3.95. The molecule has 1 aromatic carbocycles. The Hall–Kier alpha value is -0.390. The van der Waals surface area contributed by atoms with Crippen LogP contribution in [0.3, 0.4) is 0 Å². The fourth-order valence-corrected chi connectivity index (χ4v) is 4.97. The van der Waals surface area contributed by atoms with Gasteiger partial charge in [0.2, 0.25) is 0 Å². The van der Waals surface area contributed by atoms with Crippen LogP contribution >= 0.6 is 15.9 Å². The van der Waals surface area contributed by atoms with Crippen LogP contribution in [-0.4, -0.2) is 20.7 Å². The van der Waals surface area contributed by atoms with Gasteiger partial charge in [-0.3, -0.25) is 0 Å². The highest BCUT2D eigenvalue weighted by atomic mass is 79.9. The number of nitrogens with one attached hydrogen (secondary N) is 1. The Bertz CT molecular complexity index is 499. The predicted molar refractivity (Wildman–Crippen MR) is 67.2 cm³/mol. The van der Waals surface area contributed by atoms with E-state index in [-0.39, 0.29) is 11.8 Å². The first-order valence-electron chi connectivity index (χ1n) is 5.31. The zero-order valence-corrected chi connectivity index (χ0v) is 11.4. The molecule has 1 heterocycles. The van der Waals surface area contributed by atoms with Crippen molar-refractivity contribution in [2.45, 2.75) is 24.3 Å². The summed E-state index contributed by atoms with van der Waals surface area (Å²) in [6, 6.07) is 5.48. The molecule has 0 saturated heterocycles. The average molecular weight is 304 g/mol. The lowest BCUT2D eigenvalue weighted by Gasteiger charge is -2.11. The second kappa shape index (κ2) is 4.47. The van der Waals surface area contributed by atoms with E-state index in [0.29, 0.717) is 9.37 Å². The van der Waals surface area contributed by atoms with Crippen LogP contribution in [-0.2, 0) is 9.84 Å². The molecule has 16 heavy (non-hydrogen) atoms. The Kier molecular flexibility index (Phi) is 3.37. The summed E-state index contributed by atoms with van der Waals surface area (Å²) in [5, 5.41) is 3.27. The molecule has 5 heteroatoms. The minimum atomic E-state index is -3.13. The molecule has 1 N–H and O–H groups in total. The van der Waals surface area contributed by atoms with Gasteiger partial charge in [0.25, 0.3) is 0 Å². The molecule has 0 bridgehead atoms. The molecule has 0 amide bonds. The Morgan fingerprint density at radius 3 is 2.94 bits per heavy atom. The molecule has 1 atom stereocenters. The molecule has 0 saturated carbocycles. The van der Waals surface area contributed by atoms with E-state index in [4.69, 9.17) is 0 Å². The third-order valence-electron chi connectivity index (χ3n) is 2.71. The third kappa shape index (κ3) is 2.04. The fraction of sp³-hybridized carbons (Fsp3) is 0.455. The van der Waals surface area contributed by atoms with Crippen molar-refractivity contribution < 1.29 is 8.42 Å². The van der Waals surface area contributed by atoms with Gasteiger partial charge in [-0.15, -0.1) is 0 Å². The van der Waals surface area contributed by atoms with Crippen LogP contribution in [0.2, 0.25) is 0 Å². The van der Waals surface area contributed by atoms with Crippen LogP contribution in [0.5, 0.6) is 0 Å². The monoisotopic (exact) mass is 303 g/mol. The van der Waals surface area contributed by atoms with Crippen molar-refractivity contribution in [2.75, 3.05) is 12.3 Å². The summed E-state index contributed by atoms with van der Waals surface area (Å²) in [5.74, 6) is 0.172. The first-order chi connectivity index (χ1) is 7.56. The maximum absolute atomic E-state index is 12.0. The lowest BCUT2D eigenvalue weighted by molar-refractivity contribution is 0.564. The van der Waals surface area contributed by atoms with Crippen LogP contribution in [0.25, 0.3) is 0 Å². The van der Waals surface area contributed by atoms with Gasteiger partial charge in [-0.05, 0) is 40.5 Å². The maximum Gasteiger partial charge on any atom is 0.181 e. The van der Waals surface area contributed by atoms with E-state index in [9.17, 15) is 8.42 Å². The molecular formula is C11H14BrNO2S. The first-order valence-corrected chi connectivity index (χ1v) is 7.75. The number of halogens is 1. The number of sulfone groups is 1. The normalized spacial score (nSPS) is 22.0. The Balaban J connectivity index is 2.43. The number of hydrogen-bond acceptors (Lipinski definition) is 3. The molecule has 1 aliphatic heterocycles. The fourth-order valence-electron chi connectivity index (χ4n) is 2.01. The smallest absolute Gasteiger partial charge is 0.181 e. The lowest BCUT2D eigenvalue weighted by atomic mass is 10.1. The van der Waals surface area contributed by atoms with Gasteiger partial charge in [-0.2, -0.15) is 0 Å². The Morgan fingerprint density at radius 2 is 2.25 bits per heavy atom. The molecule has 1 unspecified atom stereocenters. The van der Waals surface area contributed by atoms with Gasteiger partial charge in [0, 0.05) is 10.5 Å². The summed E-state index contributed by atoms with van der Waals surface area (Å²) in [6.07, 6.45) is 1.000. The number of fused-ring (bicyclic) bond motifs is 1. The van der Waals surface area contributed by atoms with Crippen molar-refractivity contribution in [1.82, 2.24) is 5.32 Å². The lowest BCUT2D eigenvalue weighted by Crippen LogP contribution is -2.23. The maximum atomic E-state index is 12.0. The SMILES string of the molecule is CCCNC1CS(=O)(=O)c2c(Br)cccc21. The summed E-state index contributed by atoms with van der Waals surface area (Å²) < 4.78 is 24.6. The standard InChI is InChI=1S/C11H14BrNO2S/c1-2-6-13-10-7-16(14,15)11-8(10)4-3-5-9(11)12/h3-5,10,13H,2,6-7H2,1H3. The van der Waals surface area contributed by atoms with Crippen molar-refractivity contribution in [3.8, 4) is 0 Å². The molecule has 0 radical (unpaired) electrons. The summed E-state index contributed by atoms with van der Waals surface area (Å²) in [7, 11) is -3.13. The van der Waals surface area contributed by atoms with E-state index in [1.807, 2.05) is 12.1 Å². The van der Waals surface area contributed by atoms with E-state index < -0.39 is 9.84 Å². The van der Waals surface area contributed by atoms with E-state index in [1.54, 1.807) is 6.07 Å². The highest BCUT2D eigenvalue weighted by Gasteiger charge is 2.35. The molecule has 1 aromatic rings. The van der Waals surface area contributed by atoms with Gasteiger partial charge in [-0.25, -0.2) is 8.42 Å². The zero-order chi connectivity index (χ0) is 11.8. The van der Waals surface area contributed by atoms with Crippen molar-refractivity contribution in [1.29, 1.82) is 0 Å². The average Bonchev–Trinajstić information content (AvgIpc) is 2.49. The van der Waals surface area contributed by atoms with E-state index in [2.05, 4.69) is 28.2 Å². The predicted octanol–water partition coefficient (Wildman–Crippen LogP) is 2.28. The molecule has 1 aliphatic rings. The zero-order valence-electron chi connectivity index (χ0n) is 9.03. The van der Waals surface area contributed by atoms with Crippen molar-refractivity contribution in [2.24, 2.45) is 0 Å². The topological polar surface area (TPSA) is 46.2 Å².